The Balaban J connectivity index is 1.60. The minimum atomic E-state index is -0.490. The first-order valence-corrected chi connectivity index (χ1v) is 11.6. The van der Waals surface area contributed by atoms with Crippen molar-refractivity contribution in [2.45, 2.75) is 23.8 Å². The Morgan fingerprint density at radius 1 is 0.970 bits per heavy atom. The van der Waals surface area contributed by atoms with Gasteiger partial charge in [-0.15, -0.1) is 0 Å². The maximum atomic E-state index is 12.6. The predicted octanol–water partition coefficient (Wildman–Crippen LogP) is 7.00. The van der Waals surface area contributed by atoms with Gasteiger partial charge in [-0.2, -0.15) is 0 Å². The molecule has 0 unspecified atom stereocenters. The molecule has 33 heavy (non-hydrogen) atoms. The summed E-state index contributed by atoms with van der Waals surface area (Å²) < 4.78 is 5.42. The molecule has 4 aromatic rings. The molecule has 0 spiro atoms. The Morgan fingerprint density at radius 2 is 1.73 bits per heavy atom. The van der Waals surface area contributed by atoms with Crippen molar-refractivity contribution in [3.05, 3.63) is 106 Å². The molecule has 2 heterocycles. The van der Waals surface area contributed by atoms with Crippen LogP contribution >= 0.6 is 23.4 Å². The summed E-state index contributed by atoms with van der Waals surface area (Å²) in [6.07, 6.45) is 1.75. The molecule has 4 nitrogen and oxygen atoms in total. The van der Waals surface area contributed by atoms with E-state index in [4.69, 9.17) is 21.3 Å². The fourth-order valence-corrected chi connectivity index (χ4v) is 4.52. The first-order chi connectivity index (χ1) is 16.0. The highest BCUT2D eigenvalue weighted by atomic mass is 35.5. The van der Waals surface area contributed by atoms with Crippen LogP contribution in [0.15, 0.2) is 93.4 Å². The molecule has 0 bridgehead atoms. The average molecular weight is 471 g/mol. The Morgan fingerprint density at radius 3 is 2.48 bits per heavy atom. The van der Waals surface area contributed by atoms with Gasteiger partial charge in [-0.1, -0.05) is 59.3 Å². The van der Waals surface area contributed by atoms with Gasteiger partial charge in [0.05, 0.1) is 5.52 Å². The van der Waals surface area contributed by atoms with Crippen LogP contribution in [0.1, 0.15) is 22.3 Å². The summed E-state index contributed by atoms with van der Waals surface area (Å²) in [5.74, 6) is -0.226. The highest BCUT2D eigenvalue weighted by Crippen LogP contribution is 2.34. The van der Waals surface area contributed by atoms with Gasteiger partial charge in [0.25, 0.3) is 0 Å². The number of halogens is 1. The van der Waals surface area contributed by atoms with E-state index in [9.17, 15) is 4.79 Å². The third kappa shape index (κ3) is 4.56. The van der Waals surface area contributed by atoms with Gasteiger partial charge in [0.2, 0.25) is 5.90 Å². The van der Waals surface area contributed by atoms with Crippen LogP contribution in [0.2, 0.25) is 5.02 Å². The van der Waals surface area contributed by atoms with Gasteiger partial charge >= 0.3 is 5.97 Å². The number of aliphatic imine (C=N–C) groups is 1. The first-order valence-electron chi connectivity index (χ1n) is 10.4. The first kappa shape index (κ1) is 21.4. The van der Waals surface area contributed by atoms with Gasteiger partial charge in [-0.25, -0.2) is 14.8 Å². The number of ether oxygens (including phenoxy) is 1. The van der Waals surface area contributed by atoms with E-state index in [0.717, 1.165) is 32.0 Å². The fraction of sp³-hybridized carbons (Fsp3) is 0.0741. The third-order valence-corrected chi connectivity index (χ3v) is 6.56. The number of benzene rings is 3. The minimum Gasteiger partial charge on any atom is -0.402 e. The van der Waals surface area contributed by atoms with Gasteiger partial charge in [0.1, 0.15) is 5.03 Å². The number of hydrogen-bond acceptors (Lipinski definition) is 5. The zero-order chi connectivity index (χ0) is 22.9. The van der Waals surface area contributed by atoms with Crippen LogP contribution in [-0.4, -0.2) is 16.9 Å². The summed E-state index contributed by atoms with van der Waals surface area (Å²) >= 11 is 7.52. The number of fused-ring (bicyclic) bond motifs is 1. The number of rotatable bonds is 4. The zero-order valence-electron chi connectivity index (χ0n) is 18.0. The zero-order valence-corrected chi connectivity index (χ0v) is 19.6. The Bertz CT molecular complexity index is 1440. The van der Waals surface area contributed by atoms with E-state index < -0.39 is 5.97 Å². The second-order valence-corrected chi connectivity index (χ2v) is 9.29. The predicted molar refractivity (Wildman–Crippen MR) is 134 cm³/mol. The van der Waals surface area contributed by atoms with E-state index in [0.29, 0.717) is 10.6 Å². The van der Waals surface area contributed by atoms with Gasteiger partial charge in [-0.05, 0) is 68.0 Å². The number of cyclic esters (lactones) is 1. The summed E-state index contributed by atoms with van der Waals surface area (Å²) in [5.41, 5.74) is 4.97. The second kappa shape index (κ2) is 8.85. The number of nitrogens with zero attached hydrogens (tertiary/aromatic N) is 2. The molecular formula is C27H19ClN2O2S. The lowest BCUT2D eigenvalue weighted by Gasteiger charge is -2.10. The summed E-state index contributed by atoms with van der Waals surface area (Å²) in [6.45, 7) is 4.11. The molecule has 0 fully saturated rings. The van der Waals surface area contributed by atoms with Crippen molar-refractivity contribution in [3.8, 4) is 0 Å². The maximum Gasteiger partial charge on any atom is 0.363 e. The fourth-order valence-electron chi connectivity index (χ4n) is 3.52. The topological polar surface area (TPSA) is 51.6 Å². The largest absolute Gasteiger partial charge is 0.402 e. The molecule has 0 radical (unpaired) electrons. The molecule has 0 saturated heterocycles. The normalized spacial score (nSPS) is 14.6. The highest BCUT2D eigenvalue weighted by molar-refractivity contribution is 7.99. The monoisotopic (exact) mass is 470 g/mol. The average Bonchev–Trinajstić information content (AvgIpc) is 3.17. The molecule has 0 saturated carbocycles. The van der Waals surface area contributed by atoms with E-state index in [1.807, 2.05) is 31.2 Å². The van der Waals surface area contributed by atoms with Crippen molar-refractivity contribution in [1.29, 1.82) is 0 Å². The number of aryl methyl sites for hydroxylation is 2. The van der Waals surface area contributed by atoms with Crippen LogP contribution < -0.4 is 0 Å². The third-order valence-electron chi connectivity index (χ3n) is 5.28. The summed E-state index contributed by atoms with van der Waals surface area (Å²) in [6, 6.07) is 23.4. The van der Waals surface area contributed by atoms with Crippen LogP contribution in [0.5, 0.6) is 0 Å². The smallest absolute Gasteiger partial charge is 0.363 e. The SMILES string of the molecule is Cc1ccc(Sc2nc3c(C)cccc3cc2C=C2N=C(c3ccc(Cl)cc3)OC2=O)cc1. The van der Waals surface area contributed by atoms with E-state index in [2.05, 4.69) is 36.2 Å². The minimum absolute atomic E-state index is 0.236. The second-order valence-electron chi connectivity index (χ2n) is 7.79. The van der Waals surface area contributed by atoms with Crippen LogP contribution in [0, 0.1) is 13.8 Å². The van der Waals surface area contributed by atoms with Gasteiger partial charge < -0.3 is 4.74 Å². The van der Waals surface area contributed by atoms with E-state index >= 15 is 0 Å². The van der Waals surface area contributed by atoms with Crippen LogP contribution in [0.3, 0.4) is 0 Å². The van der Waals surface area contributed by atoms with Gasteiger partial charge in [0, 0.05) is 26.4 Å². The molecule has 5 rings (SSSR count). The van der Waals surface area contributed by atoms with Crippen molar-refractivity contribution in [3.63, 3.8) is 0 Å². The van der Waals surface area contributed by atoms with Crippen molar-refractivity contribution in [2.75, 3.05) is 0 Å². The number of aromatic nitrogens is 1. The van der Waals surface area contributed by atoms with Crippen molar-refractivity contribution in [1.82, 2.24) is 4.98 Å². The Labute approximate surface area is 201 Å². The van der Waals surface area contributed by atoms with Gasteiger partial charge in [0.15, 0.2) is 5.70 Å². The number of esters is 1. The molecular weight excluding hydrogens is 452 g/mol. The lowest BCUT2D eigenvalue weighted by atomic mass is 10.1. The molecule has 162 valence electrons. The molecule has 1 aliphatic rings. The van der Waals surface area contributed by atoms with Gasteiger partial charge in [-0.3, -0.25) is 0 Å². The standard InChI is InChI=1S/C27H19ClN2O2S/c1-16-6-12-22(13-7-16)33-26-20(14-19-5-3-4-17(2)24(19)30-26)15-23-27(31)32-25(29-23)18-8-10-21(28)11-9-18/h3-15H,1-2H3. The lowest BCUT2D eigenvalue weighted by molar-refractivity contribution is -0.129. The highest BCUT2D eigenvalue weighted by Gasteiger charge is 2.25. The quantitative estimate of drug-likeness (QED) is 0.238. The molecule has 6 heteroatoms. The van der Waals surface area contributed by atoms with E-state index in [-0.39, 0.29) is 11.6 Å². The molecule has 1 aliphatic heterocycles. The van der Waals surface area contributed by atoms with E-state index in [1.54, 1.807) is 42.1 Å². The summed E-state index contributed by atoms with van der Waals surface area (Å²) in [4.78, 5) is 23.1. The molecule has 0 atom stereocenters. The van der Waals surface area contributed by atoms with Crippen molar-refractivity contribution >= 4 is 52.2 Å². The maximum absolute atomic E-state index is 12.6. The number of pyridine rings is 1. The lowest BCUT2D eigenvalue weighted by Crippen LogP contribution is -2.05. The summed E-state index contributed by atoms with van der Waals surface area (Å²) in [5, 5.41) is 2.41. The van der Waals surface area contributed by atoms with Crippen LogP contribution in [0.4, 0.5) is 0 Å². The summed E-state index contributed by atoms with van der Waals surface area (Å²) in [7, 11) is 0. The number of para-hydroxylation sites is 1. The van der Waals surface area contributed by atoms with Crippen LogP contribution in [0.25, 0.3) is 17.0 Å². The molecule has 0 amide bonds. The van der Waals surface area contributed by atoms with Crippen LogP contribution in [-0.2, 0) is 9.53 Å². The van der Waals surface area contributed by atoms with Crippen molar-refractivity contribution in [2.24, 2.45) is 4.99 Å². The molecule has 0 N–H and O–H groups in total. The molecule has 3 aromatic carbocycles. The van der Waals surface area contributed by atoms with Crippen molar-refractivity contribution < 1.29 is 9.53 Å². The number of carbonyl (C=O) groups excluding carboxylic acids is 1. The van der Waals surface area contributed by atoms with E-state index in [1.165, 1.54) is 5.56 Å². The number of carbonyl (C=O) groups is 1. The number of hydrogen-bond donors (Lipinski definition) is 0. The molecule has 0 aliphatic carbocycles. The Kier molecular flexibility index (Phi) is 5.75. The molecule has 1 aromatic heterocycles. The Hall–Kier alpha value is -3.41.